The molecule has 3 aromatic rings. The van der Waals surface area contributed by atoms with Crippen LogP contribution in [0.1, 0.15) is 17.9 Å². The lowest BCUT2D eigenvalue weighted by atomic mass is 10.1. The van der Waals surface area contributed by atoms with Crippen LogP contribution in [0.5, 0.6) is 0 Å². The SMILES string of the molecule is O=C(CCc1ncc(-c2ccc(F)cc2)o1)Nc1cccc(CN2CCSCC2)c1. The molecular weight excluding hydrogens is 401 g/mol. The van der Waals surface area contributed by atoms with Crippen LogP contribution in [0.4, 0.5) is 10.1 Å². The molecule has 1 aliphatic rings. The van der Waals surface area contributed by atoms with Crippen molar-refractivity contribution in [3.63, 3.8) is 0 Å². The average molecular weight is 426 g/mol. The van der Waals surface area contributed by atoms with E-state index in [-0.39, 0.29) is 18.1 Å². The number of carbonyl (C=O) groups excluding carboxylic acids is 1. The molecule has 156 valence electrons. The number of thioether (sulfide) groups is 1. The molecule has 4 rings (SSSR count). The minimum Gasteiger partial charge on any atom is -0.441 e. The van der Waals surface area contributed by atoms with E-state index < -0.39 is 0 Å². The van der Waals surface area contributed by atoms with Crippen LogP contribution in [-0.2, 0) is 17.8 Å². The van der Waals surface area contributed by atoms with Gasteiger partial charge in [-0.15, -0.1) is 0 Å². The van der Waals surface area contributed by atoms with Gasteiger partial charge in [0.25, 0.3) is 0 Å². The van der Waals surface area contributed by atoms with Gasteiger partial charge in [0.05, 0.1) is 6.20 Å². The molecule has 0 radical (unpaired) electrons. The van der Waals surface area contributed by atoms with Crippen LogP contribution in [0.25, 0.3) is 11.3 Å². The summed E-state index contributed by atoms with van der Waals surface area (Å²) in [4.78, 5) is 19.0. The fourth-order valence-electron chi connectivity index (χ4n) is 3.38. The van der Waals surface area contributed by atoms with Gasteiger partial charge >= 0.3 is 0 Å². The maximum absolute atomic E-state index is 13.0. The normalized spacial score (nSPS) is 14.6. The van der Waals surface area contributed by atoms with Gasteiger partial charge in [0.15, 0.2) is 11.7 Å². The first kappa shape index (κ1) is 20.6. The first-order valence-corrected chi connectivity index (χ1v) is 11.2. The minimum atomic E-state index is -0.297. The molecule has 0 bridgehead atoms. The summed E-state index contributed by atoms with van der Waals surface area (Å²) in [5, 5.41) is 2.96. The van der Waals surface area contributed by atoms with Gasteiger partial charge in [-0.25, -0.2) is 9.37 Å². The Hall–Kier alpha value is -2.64. The molecule has 0 saturated carbocycles. The zero-order valence-electron chi connectivity index (χ0n) is 16.6. The molecule has 0 atom stereocenters. The van der Waals surface area contributed by atoms with Crippen LogP contribution >= 0.6 is 11.8 Å². The number of aromatic nitrogens is 1. The van der Waals surface area contributed by atoms with E-state index in [1.807, 2.05) is 30.0 Å². The number of carbonyl (C=O) groups is 1. The van der Waals surface area contributed by atoms with Crippen molar-refractivity contribution in [3.05, 3.63) is 72.0 Å². The standard InChI is InChI=1S/C23H24FN3O2S/c24-19-6-4-18(5-7-19)21-15-25-23(29-21)9-8-22(28)26-20-3-1-2-17(14-20)16-27-10-12-30-13-11-27/h1-7,14-15H,8-13,16H2,(H,26,28). The highest BCUT2D eigenvalue weighted by molar-refractivity contribution is 7.99. The van der Waals surface area contributed by atoms with Crippen molar-refractivity contribution in [1.29, 1.82) is 0 Å². The number of rotatable bonds is 7. The van der Waals surface area contributed by atoms with Crippen LogP contribution in [0, 0.1) is 5.82 Å². The smallest absolute Gasteiger partial charge is 0.224 e. The first-order valence-electron chi connectivity index (χ1n) is 10.1. The molecular formula is C23H24FN3O2S. The zero-order valence-corrected chi connectivity index (χ0v) is 17.5. The predicted octanol–water partition coefficient (Wildman–Crippen LogP) is 4.60. The third kappa shape index (κ3) is 5.70. The van der Waals surface area contributed by atoms with Gasteiger partial charge < -0.3 is 9.73 Å². The van der Waals surface area contributed by atoms with E-state index in [9.17, 15) is 9.18 Å². The van der Waals surface area contributed by atoms with Crippen molar-refractivity contribution in [2.24, 2.45) is 0 Å². The molecule has 1 aliphatic heterocycles. The number of amides is 1. The van der Waals surface area contributed by atoms with Crippen LogP contribution < -0.4 is 5.32 Å². The number of nitrogens with one attached hydrogen (secondary N) is 1. The van der Waals surface area contributed by atoms with Gasteiger partial charge in [-0.1, -0.05) is 12.1 Å². The Kier molecular flexibility index (Phi) is 6.81. The fourth-order valence-corrected chi connectivity index (χ4v) is 4.36. The number of aryl methyl sites for hydroxylation is 1. The summed E-state index contributed by atoms with van der Waals surface area (Å²) in [5.41, 5.74) is 2.77. The molecule has 1 saturated heterocycles. The van der Waals surface area contributed by atoms with Crippen LogP contribution in [0.15, 0.2) is 59.1 Å². The summed E-state index contributed by atoms with van der Waals surface area (Å²) in [6, 6.07) is 14.1. The predicted molar refractivity (Wildman–Crippen MR) is 118 cm³/mol. The number of benzene rings is 2. The Morgan fingerprint density at radius 3 is 2.77 bits per heavy atom. The molecule has 1 amide bonds. The summed E-state index contributed by atoms with van der Waals surface area (Å²) in [6.07, 6.45) is 2.28. The Labute approximate surface area is 179 Å². The van der Waals surface area contributed by atoms with Gasteiger partial charge in [-0.2, -0.15) is 11.8 Å². The lowest BCUT2D eigenvalue weighted by molar-refractivity contribution is -0.116. The van der Waals surface area contributed by atoms with Crippen molar-refractivity contribution in [2.75, 3.05) is 29.9 Å². The van der Waals surface area contributed by atoms with Crippen molar-refractivity contribution in [1.82, 2.24) is 9.88 Å². The van der Waals surface area contributed by atoms with Crippen LogP contribution in [0.3, 0.4) is 0 Å². The molecule has 0 unspecified atom stereocenters. The van der Waals surface area contributed by atoms with Gasteiger partial charge in [0.1, 0.15) is 5.82 Å². The second kappa shape index (κ2) is 9.91. The average Bonchev–Trinajstić information content (AvgIpc) is 3.23. The summed E-state index contributed by atoms with van der Waals surface area (Å²) in [6.45, 7) is 3.13. The third-order valence-electron chi connectivity index (χ3n) is 4.97. The molecule has 2 aromatic carbocycles. The maximum atomic E-state index is 13.0. The highest BCUT2D eigenvalue weighted by Crippen LogP contribution is 2.21. The number of hydrogen-bond acceptors (Lipinski definition) is 5. The number of hydrogen-bond donors (Lipinski definition) is 1. The highest BCUT2D eigenvalue weighted by atomic mass is 32.2. The summed E-state index contributed by atoms with van der Waals surface area (Å²) < 4.78 is 18.7. The number of anilines is 1. The molecule has 1 aromatic heterocycles. The van der Waals surface area contributed by atoms with Crippen molar-refractivity contribution in [2.45, 2.75) is 19.4 Å². The molecule has 1 fully saturated rings. The van der Waals surface area contributed by atoms with Crippen molar-refractivity contribution < 1.29 is 13.6 Å². The first-order chi connectivity index (χ1) is 14.7. The molecule has 30 heavy (non-hydrogen) atoms. The monoisotopic (exact) mass is 425 g/mol. The molecule has 5 nitrogen and oxygen atoms in total. The maximum Gasteiger partial charge on any atom is 0.224 e. The van der Waals surface area contributed by atoms with E-state index >= 15 is 0 Å². The number of nitrogens with zero attached hydrogens (tertiary/aromatic N) is 2. The Balaban J connectivity index is 1.29. The van der Waals surface area contributed by atoms with Crippen molar-refractivity contribution in [3.8, 4) is 11.3 Å². The lowest BCUT2D eigenvalue weighted by Gasteiger charge is -2.26. The molecule has 2 heterocycles. The molecule has 7 heteroatoms. The third-order valence-corrected chi connectivity index (χ3v) is 5.91. The number of oxazole rings is 1. The second-order valence-electron chi connectivity index (χ2n) is 7.26. The highest BCUT2D eigenvalue weighted by Gasteiger charge is 2.12. The summed E-state index contributed by atoms with van der Waals surface area (Å²) >= 11 is 2.00. The van der Waals surface area contributed by atoms with E-state index in [4.69, 9.17) is 4.42 Å². The van der Waals surface area contributed by atoms with Gasteiger partial charge in [0.2, 0.25) is 5.91 Å². The largest absolute Gasteiger partial charge is 0.441 e. The van der Waals surface area contributed by atoms with Crippen molar-refractivity contribution >= 4 is 23.4 Å². The lowest BCUT2D eigenvalue weighted by Crippen LogP contribution is -2.31. The fraction of sp³-hybridized carbons (Fsp3) is 0.304. The zero-order chi connectivity index (χ0) is 20.8. The van der Waals surface area contributed by atoms with E-state index in [2.05, 4.69) is 21.3 Å². The topological polar surface area (TPSA) is 58.4 Å². The van der Waals surface area contributed by atoms with E-state index in [1.54, 1.807) is 18.3 Å². The number of halogens is 1. The quantitative estimate of drug-likeness (QED) is 0.600. The minimum absolute atomic E-state index is 0.0805. The van der Waals surface area contributed by atoms with E-state index in [1.165, 1.54) is 29.2 Å². The second-order valence-corrected chi connectivity index (χ2v) is 8.49. The van der Waals surface area contributed by atoms with Gasteiger partial charge in [-0.05, 0) is 42.0 Å². The molecule has 0 spiro atoms. The molecule has 0 aliphatic carbocycles. The summed E-state index contributed by atoms with van der Waals surface area (Å²) in [7, 11) is 0. The van der Waals surface area contributed by atoms with Gasteiger partial charge in [-0.3, -0.25) is 9.69 Å². The summed E-state index contributed by atoms with van der Waals surface area (Å²) in [5.74, 6) is 3.04. The van der Waals surface area contributed by atoms with E-state index in [0.717, 1.165) is 30.9 Å². The molecule has 1 N–H and O–H groups in total. The van der Waals surface area contributed by atoms with Crippen LogP contribution in [-0.4, -0.2) is 40.4 Å². The Morgan fingerprint density at radius 2 is 1.97 bits per heavy atom. The van der Waals surface area contributed by atoms with Gasteiger partial charge in [0, 0.05) is 55.2 Å². The van der Waals surface area contributed by atoms with E-state index in [0.29, 0.717) is 18.1 Å². The Bertz CT molecular complexity index is 984. The Morgan fingerprint density at radius 1 is 1.17 bits per heavy atom. The van der Waals surface area contributed by atoms with Crippen LogP contribution in [0.2, 0.25) is 0 Å².